The van der Waals surface area contributed by atoms with E-state index in [0.717, 1.165) is 12.2 Å². The number of hydrogen-bond acceptors (Lipinski definition) is 4. The van der Waals surface area contributed by atoms with E-state index >= 15 is 0 Å². The molecule has 5 heteroatoms. The number of thioether (sulfide) groups is 1. The second-order valence-corrected chi connectivity index (χ2v) is 4.79. The van der Waals surface area contributed by atoms with Gasteiger partial charge in [0.25, 0.3) is 0 Å². The predicted octanol–water partition coefficient (Wildman–Crippen LogP) is 0.956. The lowest BCUT2D eigenvalue weighted by molar-refractivity contribution is -0.153. The number of ether oxygens (including phenoxy) is 2. The third kappa shape index (κ3) is 2.21. The maximum Gasteiger partial charge on any atom is 0.335 e. The number of rotatable bonds is 2. The van der Waals surface area contributed by atoms with Gasteiger partial charge in [0.05, 0.1) is 6.61 Å². The molecule has 3 unspecified atom stereocenters. The van der Waals surface area contributed by atoms with Crippen molar-refractivity contribution in [1.82, 2.24) is 0 Å². The summed E-state index contributed by atoms with van der Waals surface area (Å²) in [4.78, 5) is 10.6. The first-order chi connectivity index (χ1) is 6.77. The number of carboxylic acid groups (broad SMARTS) is 1. The first-order valence-corrected chi connectivity index (χ1v) is 6.00. The van der Waals surface area contributed by atoms with Gasteiger partial charge in [-0.3, -0.25) is 0 Å². The Morgan fingerprint density at radius 1 is 1.50 bits per heavy atom. The lowest BCUT2D eigenvalue weighted by atomic mass is 10.1. The van der Waals surface area contributed by atoms with Crippen molar-refractivity contribution in [2.75, 3.05) is 18.1 Å². The largest absolute Gasteiger partial charge is 0.479 e. The fourth-order valence-electron chi connectivity index (χ4n) is 1.78. The summed E-state index contributed by atoms with van der Waals surface area (Å²) in [5.74, 6) is 1.68. The molecule has 2 aliphatic rings. The van der Waals surface area contributed by atoms with E-state index in [1.54, 1.807) is 0 Å². The molecule has 3 atom stereocenters. The van der Waals surface area contributed by atoms with Gasteiger partial charge in [-0.05, 0) is 18.6 Å². The molecule has 0 spiro atoms. The van der Waals surface area contributed by atoms with Gasteiger partial charge in [0.1, 0.15) is 0 Å². The molecule has 1 N–H and O–H groups in total. The van der Waals surface area contributed by atoms with Gasteiger partial charge >= 0.3 is 5.97 Å². The van der Waals surface area contributed by atoms with Gasteiger partial charge in [0.15, 0.2) is 12.4 Å². The Hall–Kier alpha value is -0.260. The zero-order valence-electron chi connectivity index (χ0n) is 7.85. The fourth-order valence-corrected chi connectivity index (χ4v) is 2.94. The van der Waals surface area contributed by atoms with Crippen LogP contribution in [0.25, 0.3) is 0 Å². The maximum absolute atomic E-state index is 10.6. The summed E-state index contributed by atoms with van der Waals surface area (Å²) in [5, 5.41) is 8.72. The van der Waals surface area contributed by atoms with Crippen molar-refractivity contribution in [2.45, 2.75) is 25.2 Å². The Bertz CT molecular complexity index is 215. The zero-order chi connectivity index (χ0) is 9.97. The summed E-state index contributed by atoms with van der Waals surface area (Å²) in [6.45, 7) is 0.196. The number of aliphatic carboxylic acids is 1. The van der Waals surface area contributed by atoms with E-state index in [4.69, 9.17) is 14.6 Å². The first-order valence-electron chi connectivity index (χ1n) is 4.85. The van der Waals surface area contributed by atoms with E-state index in [-0.39, 0.29) is 12.9 Å². The van der Waals surface area contributed by atoms with Crippen LogP contribution in [0.4, 0.5) is 0 Å². The summed E-state index contributed by atoms with van der Waals surface area (Å²) >= 11 is 1.89. The minimum Gasteiger partial charge on any atom is -0.479 e. The van der Waals surface area contributed by atoms with Crippen molar-refractivity contribution in [3.8, 4) is 0 Å². The Morgan fingerprint density at radius 3 is 2.93 bits per heavy atom. The molecule has 4 nitrogen and oxygen atoms in total. The van der Waals surface area contributed by atoms with Crippen LogP contribution in [-0.2, 0) is 14.3 Å². The fraction of sp³-hybridized carbons (Fsp3) is 0.889. The van der Waals surface area contributed by atoms with E-state index in [0.29, 0.717) is 5.92 Å². The molecular formula is C9H14O4S. The van der Waals surface area contributed by atoms with Gasteiger partial charge in [-0.15, -0.1) is 0 Å². The summed E-state index contributed by atoms with van der Waals surface area (Å²) in [7, 11) is 0. The number of carbonyl (C=O) groups is 1. The highest BCUT2D eigenvalue weighted by molar-refractivity contribution is 7.99. The smallest absolute Gasteiger partial charge is 0.335 e. The molecule has 2 heterocycles. The number of carboxylic acids is 1. The lowest BCUT2D eigenvalue weighted by Gasteiger charge is -2.25. The summed E-state index contributed by atoms with van der Waals surface area (Å²) in [5.41, 5.74) is 0. The molecule has 0 amide bonds. The monoisotopic (exact) mass is 218 g/mol. The molecule has 0 bridgehead atoms. The van der Waals surface area contributed by atoms with E-state index in [1.807, 2.05) is 11.8 Å². The number of hydrogen-bond donors (Lipinski definition) is 1. The van der Waals surface area contributed by atoms with Crippen LogP contribution in [0.3, 0.4) is 0 Å². The average Bonchev–Trinajstić information content (AvgIpc) is 2.68. The van der Waals surface area contributed by atoms with Crippen LogP contribution >= 0.6 is 11.8 Å². The first kappa shape index (κ1) is 10.3. The molecule has 0 aliphatic carbocycles. The Labute approximate surface area is 87.0 Å². The van der Waals surface area contributed by atoms with Crippen molar-refractivity contribution < 1.29 is 19.4 Å². The maximum atomic E-state index is 10.6. The van der Waals surface area contributed by atoms with Crippen LogP contribution in [-0.4, -0.2) is 41.6 Å². The molecule has 80 valence electrons. The van der Waals surface area contributed by atoms with E-state index < -0.39 is 12.1 Å². The molecule has 0 aromatic carbocycles. The highest BCUT2D eigenvalue weighted by Gasteiger charge is 2.36. The zero-order valence-corrected chi connectivity index (χ0v) is 8.66. The van der Waals surface area contributed by atoms with Crippen LogP contribution < -0.4 is 0 Å². The van der Waals surface area contributed by atoms with Gasteiger partial charge in [0.2, 0.25) is 0 Å². The Balaban J connectivity index is 1.85. The third-order valence-corrected chi connectivity index (χ3v) is 3.81. The van der Waals surface area contributed by atoms with Crippen molar-refractivity contribution >= 4 is 17.7 Å². The normalized spacial score (nSPS) is 38.4. The summed E-state index contributed by atoms with van der Waals surface area (Å²) < 4.78 is 10.7. The molecule has 0 saturated carbocycles. The second kappa shape index (κ2) is 4.51. The van der Waals surface area contributed by atoms with Gasteiger partial charge in [-0.2, -0.15) is 11.8 Å². The quantitative estimate of drug-likeness (QED) is 0.748. The van der Waals surface area contributed by atoms with E-state index in [1.165, 1.54) is 12.2 Å². The van der Waals surface area contributed by atoms with Crippen molar-refractivity contribution in [2.24, 2.45) is 5.92 Å². The molecule has 0 radical (unpaired) electrons. The van der Waals surface area contributed by atoms with Crippen molar-refractivity contribution in [3.05, 3.63) is 0 Å². The Kier molecular flexibility index (Phi) is 3.30. The lowest BCUT2D eigenvalue weighted by Crippen LogP contribution is -2.29. The van der Waals surface area contributed by atoms with Gasteiger partial charge in [0, 0.05) is 11.7 Å². The molecule has 14 heavy (non-hydrogen) atoms. The predicted molar refractivity (Wildman–Crippen MR) is 52.3 cm³/mol. The van der Waals surface area contributed by atoms with Crippen LogP contribution in [0.15, 0.2) is 0 Å². The van der Waals surface area contributed by atoms with Gasteiger partial charge in [-0.25, -0.2) is 4.79 Å². The average molecular weight is 218 g/mol. The van der Waals surface area contributed by atoms with Crippen molar-refractivity contribution in [3.63, 3.8) is 0 Å². The molecule has 2 fully saturated rings. The Morgan fingerprint density at radius 2 is 2.36 bits per heavy atom. The van der Waals surface area contributed by atoms with Crippen LogP contribution in [0, 0.1) is 5.92 Å². The topological polar surface area (TPSA) is 55.8 Å². The highest BCUT2D eigenvalue weighted by atomic mass is 32.2. The highest BCUT2D eigenvalue weighted by Crippen LogP contribution is 2.30. The van der Waals surface area contributed by atoms with Gasteiger partial charge in [-0.1, -0.05) is 0 Å². The standard InChI is InChI=1S/C9H14O4S/c10-8(11)7-4-12-9(13-7)6-2-1-3-14-5-6/h6-7,9H,1-5H2,(H,10,11). The minimum atomic E-state index is -0.920. The molecule has 0 aromatic heterocycles. The molecule has 2 aliphatic heterocycles. The second-order valence-electron chi connectivity index (χ2n) is 3.64. The molecule has 2 rings (SSSR count). The third-order valence-electron chi connectivity index (χ3n) is 2.57. The summed E-state index contributed by atoms with van der Waals surface area (Å²) in [6.07, 6.45) is 1.22. The van der Waals surface area contributed by atoms with Gasteiger partial charge < -0.3 is 14.6 Å². The molecular weight excluding hydrogens is 204 g/mol. The van der Waals surface area contributed by atoms with Crippen LogP contribution in [0.5, 0.6) is 0 Å². The van der Waals surface area contributed by atoms with Crippen LogP contribution in [0.1, 0.15) is 12.8 Å². The molecule has 2 saturated heterocycles. The SMILES string of the molecule is O=C(O)C1COC(C2CCCSC2)O1. The van der Waals surface area contributed by atoms with Crippen molar-refractivity contribution in [1.29, 1.82) is 0 Å². The van der Waals surface area contributed by atoms with Crippen LogP contribution in [0.2, 0.25) is 0 Å². The minimum absolute atomic E-state index is 0.196. The molecule has 0 aromatic rings. The summed E-state index contributed by atoms with van der Waals surface area (Å²) in [6, 6.07) is 0. The van der Waals surface area contributed by atoms with E-state index in [2.05, 4.69) is 0 Å². The van der Waals surface area contributed by atoms with E-state index in [9.17, 15) is 4.79 Å².